The summed E-state index contributed by atoms with van der Waals surface area (Å²) in [5.41, 5.74) is 1.61. The molecular weight excluding hydrogens is 190 g/mol. The number of carbonyl (C=O) groups is 1. The van der Waals surface area contributed by atoms with Crippen LogP contribution in [0.15, 0.2) is 43.0 Å². The third-order valence-corrected chi connectivity index (χ3v) is 2.39. The molecule has 1 aromatic carbocycles. The minimum Gasteiger partial charge on any atom is -0.481 e. The molecule has 0 aliphatic heterocycles. The Labute approximate surface area is 87.0 Å². The third kappa shape index (κ3) is 1.64. The number of para-hydroxylation sites is 1. The summed E-state index contributed by atoms with van der Waals surface area (Å²) in [5, 5.41) is 9.98. The summed E-state index contributed by atoms with van der Waals surface area (Å²) in [6.45, 7) is 3.53. The van der Waals surface area contributed by atoms with Gasteiger partial charge in [0.05, 0.1) is 0 Å². The second kappa shape index (κ2) is 3.61. The van der Waals surface area contributed by atoms with Crippen LogP contribution in [-0.2, 0) is 4.79 Å². The maximum absolute atomic E-state index is 10.9. The summed E-state index contributed by atoms with van der Waals surface area (Å²) < 4.78 is 0. The molecule has 0 aliphatic carbocycles. The number of carboxylic acids is 1. The molecule has 0 saturated heterocycles. The first-order valence-electron chi connectivity index (χ1n) is 4.65. The highest BCUT2D eigenvalue weighted by Gasteiger charge is 2.17. The Hall–Kier alpha value is -2.03. The molecule has 2 N–H and O–H groups in total. The van der Waals surface area contributed by atoms with E-state index in [2.05, 4.69) is 11.6 Å². The number of aliphatic carboxylic acids is 1. The lowest BCUT2D eigenvalue weighted by Gasteiger charge is -2.02. The molecule has 0 saturated carbocycles. The Kier molecular flexibility index (Phi) is 2.29. The van der Waals surface area contributed by atoms with Crippen LogP contribution < -0.4 is 0 Å². The van der Waals surface area contributed by atoms with E-state index in [0.717, 1.165) is 10.9 Å². The molecule has 1 unspecified atom stereocenters. The van der Waals surface area contributed by atoms with Gasteiger partial charge in [0.25, 0.3) is 0 Å². The molecule has 0 spiro atoms. The number of nitrogens with one attached hydrogen (secondary N) is 1. The largest absolute Gasteiger partial charge is 0.481 e. The van der Waals surface area contributed by atoms with Crippen molar-refractivity contribution in [1.82, 2.24) is 4.98 Å². The molecule has 1 atom stereocenters. The van der Waals surface area contributed by atoms with Crippen LogP contribution in [0, 0.1) is 0 Å². The number of benzene rings is 1. The average Bonchev–Trinajstić information content (AvgIpc) is 2.61. The zero-order valence-electron chi connectivity index (χ0n) is 8.10. The minimum absolute atomic E-state index is 0.665. The number of rotatable bonds is 3. The van der Waals surface area contributed by atoms with Crippen molar-refractivity contribution in [2.45, 2.75) is 5.92 Å². The summed E-state index contributed by atoms with van der Waals surface area (Å²) in [5.74, 6) is -1.56. The molecule has 1 heterocycles. The first-order chi connectivity index (χ1) is 7.22. The molecule has 0 aliphatic rings. The van der Waals surface area contributed by atoms with Crippen LogP contribution in [0.5, 0.6) is 0 Å². The lowest BCUT2D eigenvalue weighted by atomic mass is 10.1. The highest BCUT2D eigenvalue weighted by molar-refractivity contribution is 5.84. The normalized spacial score (nSPS) is 12.5. The Morgan fingerprint density at radius 3 is 2.80 bits per heavy atom. The van der Waals surface area contributed by atoms with Crippen LogP contribution in [0.25, 0.3) is 10.9 Å². The van der Waals surface area contributed by atoms with E-state index >= 15 is 0 Å². The van der Waals surface area contributed by atoms with E-state index in [9.17, 15) is 4.79 Å². The van der Waals surface area contributed by atoms with Gasteiger partial charge in [0.15, 0.2) is 0 Å². The van der Waals surface area contributed by atoms with Crippen molar-refractivity contribution in [3.05, 3.63) is 48.7 Å². The SMILES string of the molecule is C=CC(C(=O)O)c1cc2ccccc2[nH]1. The van der Waals surface area contributed by atoms with Gasteiger partial charge in [-0.15, -0.1) is 6.58 Å². The molecule has 76 valence electrons. The molecule has 1 aromatic heterocycles. The van der Waals surface area contributed by atoms with Crippen molar-refractivity contribution in [1.29, 1.82) is 0 Å². The highest BCUT2D eigenvalue weighted by atomic mass is 16.4. The van der Waals surface area contributed by atoms with Crippen molar-refractivity contribution < 1.29 is 9.90 Å². The molecule has 2 rings (SSSR count). The van der Waals surface area contributed by atoms with Crippen LogP contribution in [-0.4, -0.2) is 16.1 Å². The number of hydrogen-bond donors (Lipinski definition) is 2. The quantitative estimate of drug-likeness (QED) is 0.750. The Bertz CT molecular complexity index is 480. The molecular formula is C12H11NO2. The van der Waals surface area contributed by atoms with Crippen LogP contribution in [0.2, 0.25) is 0 Å². The second-order valence-corrected chi connectivity index (χ2v) is 3.36. The number of aromatic amines is 1. The van der Waals surface area contributed by atoms with Crippen molar-refractivity contribution in [3.8, 4) is 0 Å². The van der Waals surface area contributed by atoms with E-state index in [-0.39, 0.29) is 0 Å². The first-order valence-corrected chi connectivity index (χ1v) is 4.65. The highest BCUT2D eigenvalue weighted by Crippen LogP contribution is 2.22. The van der Waals surface area contributed by atoms with Crippen molar-refractivity contribution in [2.24, 2.45) is 0 Å². The number of H-pyrrole nitrogens is 1. The molecule has 2 aromatic rings. The first kappa shape index (κ1) is 9.52. The van der Waals surface area contributed by atoms with E-state index in [1.807, 2.05) is 30.3 Å². The third-order valence-electron chi connectivity index (χ3n) is 2.39. The predicted molar refractivity (Wildman–Crippen MR) is 58.9 cm³/mol. The molecule has 3 heteroatoms. The number of fused-ring (bicyclic) bond motifs is 1. The molecule has 0 radical (unpaired) electrons. The van der Waals surface area contributed by atoms with Crippen LogP contribution in [0.1, 0.15) is 11.6 Å². The van der Waals surface area contributed by atoms with Gasteiger partial charge >= 0.3 is 5.97 Å². The fourth-order valence-corrected chi connectivity index (χ4v) is 1.62. The van der Waals surface area contributed by atoms with Gasteiger partial charge in [-0.05, 0) is 17.5 Å². The van der Waals surface area contributed by atoms with Gasteiger partial charge in [-0.1, -0.05) is 24.3 Å². The van der Waals surface area contributed by atoms with Gasteiger partial charge in [-0.3, -0.25) is 4.79 Å². The molecule has 0 amide bonds. The second-order valence-electron chi connectivity index (χ2n) is 3.36. The fourth-order valence-electron chi connectivity index (χ4n) is 1.62. The zero-order chi connectivity index (χ0) is 10.8. The standard InChI is InChI=1S/C12H11NO2/c1-2-9(12(14)15)11-7-8-5-3-4-6-10(8)13-11/h2-7,9,13H,1H2,(H,14,15). The maximum Gasteiger partial charge on any atom is 0.316 e. The molecule has 0 fully saturated rings. The summed E-state index contributed by atoms with van der Waals surface area (Å²) in [6, 6.07) is 9.53. The van der Waals surface area contributed by atoms with Gasteiger partial charge in [-0.25, -0.2) is 0 Å². The Balaban J connectivity index is 2.52. The summed E-state index contributed by atoms with van der Waals surface area (Å²) >= 11 is 0. The smallest absolute Gasteiger partial charge is 0.316 e. The summed E-state index contributed by atoms with van der Waals surface area (Å²) in [6.07, 6.45) is 1.42. The Morgan fingerprint density at radius 2 is 2.20 bits per heavy atom. The number of hydrogen-bond acceptors (Lipinski definition) is 1. The molecule has 0 bridgehead atoms. The predicted octanol–water partition coefficient (Wildman–Crippen LogP) is 2.52. The number of aromatic nitrogens is 1. The monoisotopic (exact) mass is 201 g/mol. The van der Waals surface area contributed by atoms with Gasteiger partial charge in [0.2, 0.25) is 0 Å². The number of carboxylic acid groups (broad SMARTS) is 1. The molecule has 15 heavy (non-hydrogen) atoms. The van der Waals surface area contributed by atoms with Crippen LogP contribution in [0.4, 0.5) is 0 Å². The van der Waals surface area contributed by atoms with Crippen molar-refractivity contribution in [3.63, 3.8) is 0 Å². The maximum atomic E-state index is 10.9. The minimum atomic E-state index is -0.892. The Morgan fingerprint density at radius 1 is 1.47 bits per heavy atom. The topological polar surface area (TPSA) is 53.1 Å². The van der Waals surface area contributed by atoms with Crippen molar-refractivity contribution in [2.75, 3.05) is 0 Å². The van der Waals surface area contributed by atoms with E-state index < -0.39 is 11.9 Å². The van der Waals surface area contributed by atoms with Crippen LogP contribution in [0.3, 0.4) is 0 Å². The average molecular weight is 201 g/mol. The fraction of sp³-hybridized carbons (Fsp3) is 0.0833. The van der Waals surface area contributed by atoms with Gasteiger partial charge < -0.3 is 10.1 Å². The van der Waals surface area contributed by atoms with E-state index in [4.69, 9.17) is 5.11 Å². The van der Waals surface area contributed by atoms with Gasteiger partial charge in [0, 0.05) is 11.2 Å². The van der Waals surface area contributed by atoms with E-state index in [1.165, 1.54) is 6.08 Å². The summed E-state index contributed by atoms with van der Waals surface area (Å²) in [7, 11) is 0. The lowest BCUT2D eigenvalue weighted by molar-refractivity contribution is -0.137. The molecule has 3 nitrogen and oxygen atoms in total. The zero-order valence-corrected chi connectivity index (χ0v) is 8.10. The van der Waals surface area contributed by atoms with Gasteiger partial charge in [-0.2, -0.15) is 0 Å². The van der Waals surface area contributed by atoms with Crippen molar-refractivity contribution >= 4 is 16.9 Å². The van der Waals surface area contributed by atoms with E-state index in [1.54, 1.807) is 0 Å². The van der Waals surface area contributed by atoms with E-state index in [0.29, 0.717) is 5.69 Å². The van der Waals surface area contributed by atoms with Crippen LogP contribution >= 0.6 is 0 Å². The van der Waals surface area contributed by atoms with Gasteiger partial charge in [0.1, 0.15) is 5.92 Å². The lowest BCUT2D eigenvalue weighted by Crippen LogP contribution is -2.08. The summed E-state index contributed by atoms with van der Waals surface area (Å²) in [4.78, 5) is 14.0.